The van der Waals surface area contributed by atoms with Crippen molar-refractivity contribution in [1.29, 1.82) is 0 Å². The van der Waals surface area contributed by atoms with Gasteiger partial charge in [-0.15, -0.1) is 0 Å². The second kappa shape index (κ2) is 17.1. The highest BCUT2D eigenvalue weighted by Gasteiger charge is 2.39. The zero-order valence-electron chi connectivity index (χ0n) is 35.3. The Labute approximate surface area is 337 Å². The van der Waals surface area contributed by atoms with E-state index in [4.69, 9.17) is 0 Å². The van der Waals surface area contributed by atoms with Crippen LogP contribution >= 0.6 is 7.92 Å². The molecule has 0 N–H and O–H groups in total. The lowest BCUT2D eigenvalue weighted by Crippen LogP contribution is -2.27. The Kier molecular flexibility index (Phi) is 13.3. The van der Waals surface area contributed by atoms with E-state index in [-0.39, 0.29) is 46.9 Å². The lowest BCUT2D eigenvalue weighted by atomic mass is 9.79. The molecule has 5 aromatic rings. The highest BCUT2D eigenvalue weighted by Crippen LogP contribution is 2.49. The van der Waals surface area contributed by atoms with Crippen LogP contribution in [-0.2, 0) is 12.4 Å². The summed E-state index contributed by atoms with van der Waals surface area (Å²) in [6, 6.07) is 26.4. The Bertz CT molecular complexity index is 2000. The first-order valence-electron chi connectivity index (χ1n) is 20.2. The largest absolute Gasteiger partial charge is 0.416 e. The molecule has 0 aliphatic rings. The van der Waals surface area contributed by atoms with E-state index >= 15 is 0 Å². The van der Waals surface area contributed by atoms with Crippen LogP contribution in [-0.4, -0.2) is 0 Å². The van der Waals surface area contributed by atoms with Gasteiger partial charge in [-0.1, -0.05) is 156 Å². The number of hydrogen-bond acceptors (Lipinski definition) is 0. The van der Waals surface area contributed by atoms with Gasteiger partial charge in [0.15, 0.2) is 0 Å². The molecule has 5 rings (SSSR count). The summed E-state index contributed by atoms with van der Waals surface area (Å²) in [5.74, 6) is 0.781. The molecule has 0 saturated carbocycles. The van der Waals surface area contributed by atoms with Crippen molar-refractivity contribution in [2.24, 2.45) is 0 Å². The fraction of sp³-hybridized carbons (Fsp3) is 0.400. The van der Waals surface area contributed by atoms with Crippen LogP contribution in [0.2, 0.25) is 0 Å². The molecule has 304 valence electrons. The Balaban J connectivity index is 2.14. The molecule has 57 heavy (non-hydrogen) atoms. The molecule has 0 aromatic heterocycles. The average molecular weight is 803 g/mol. The molecule has 0 radical (unpaired) electrons. The van der Waals surface area contributed by atoms with Crippen LogP contribution in [0.4, 0.5) is 26.3 Å². The highest BCUT2D eigenvalue weighted by molar-refractivity contribution is 7.80. The molecular formula is C50H57F6P. The predicted octanol–water partition coefficient (Wildman–Crippen LogP) is 15.6. The molecule has 0 fully saturated rings. The second-order valence-electron chi connectivity index (χ2n) is 17.2. The van der Waals surface area contributed by atoms with Gasteiger partial charge < -0.3 is 0 Å². The number of halogens is 6. The SMILES string of the molecule is CC(C)c1cc(C(C)C)c(-c2cccc(-c3c(C(C)C)cc(C(C)C)cc3C(C)C)c2P(c2ccccc2)c2cc(C(F)(F)F)cc(C(F)(F)F)c2)c(C(C)C)c1. The normalized spacial score (nSPS) is 13.3. The molecule has 0 nitrogen and oxygen atoms in total. The van der Waals surface area contributed by atoms with Crippen molar-refractivity contribution in [2.75, 3.05) is 0 Å². The predicted molar refractivity (Wildman–Crippen MR) is 231 cm³/mol. The maximum Gasteiger partial charge on any atom is 0.416 e. The zero-order valence-corrected chi connectivity index (χ0v) is 36.2. The zero-order chi connectivity index (χ0) is 42.3. The molecule has 0 heterocycles. The smallest absolute Gasteiger partial charge is 0.166 e. The molecule has 0 amide bonds. The van der Waals surface area contributed by atoms with E-state index in [2.05, 4.69) is 107 Å². The van der Waals surface area contributed by atoms with Gasteiger partial charge in [-0.25, -0.2) is 0 Å². The van der Waals surface area contributed by atoms with Crippen LogP contribution in [0, 0.1) is 0 Å². The van der Waals surface area contributed by atoms with Crippen LogP contribution in [0.15, 0.2) is 91.0 Å². The van der Waals surface area contributed by atoms with E-state index in [1.807, 2.05) is 48.5 Å². The lowest BCUT2D eigenvalue weighted by molar-refractivity contribution is -0.142. The molecule has 1 unspecified atom stereocenters. The third kappa shape index (κ3) is 9.38. The second-order valence-corrected chi connectivity index (χ2v) is 19.4. The fourth-order valence-electron chi connectivity index (χ4n) is 7.77. The first kappa shape index (κ1) is 44.2. The van der Waals surface area contributed by atoms with Crippen molar-refractivity contribution in [3.8, 4) is 22.3 Å². The molecule has 7 heteroatoms. The summed E-state index contributed by atoms with van der Waals surface area (Å²) in [5.41, 5.74) is 7.87. The molecule has 1 atom stereocenters. The maximum atomic E-state index is 14.7. The lowest BCUT2D eigenvalue weighted by Gasteiger charge is -2.32. The molecule has 0 saturated heterocycles. The van der Waals surface area contributed by atoms with E-state index in [0.29, 0.717) is 5.30 Å². The van der Waals surface area contributed by atoms with Gasteiger partial charge in [0, 0.05) is 5.30 Å². The number of benzene rings is 5. The number of rotatable bonds is 11. The molecule has 0 aliphatic carbocycles. The summed E-state index contributed by atoms with van der Waals surface area (Å²) in [6.07, 6.45) is -10.00. The monoisotopic (exact) mass is 802 g/mol. The van der Waals surface area contributed by atoms with Gasteiger partial charge in [0.2, 0.25) is 0 Å². The summed E-state index contributed by atoms with van der Waals surface area (Å²) in [7, 11) is -2.03. The van der Waals surface area contributed by atoms with Crippen LogP contribution in [0.25, 0.3) is 22.3 Å². The first-order valence-corrected chi connectivity index (χ1v) is 21.5. The quantitative estimate of drug-likeness (QED) is 0.0922. The number of alkyl halides is 6. The minimum absolute atomic E-state index is 0.000890. The Morgan fingerprint density at radius 3 is 1.04 bits per heavy atom. The van der Waals surface area contributed by atoms with E-state index in [0.717, 1.165) is 61.9 Å². The third-order valence-electron chi connectivity index (χ3n) is 10.9. The highest BCUT2D eigenvalue weighted by atomic mass is 31.1. The van der Waals surface area contributed by atoms with Crippen molar-refractivity contribution < 1.29 is 26.3 Å². The summed E-state index contributed by atoms with van der Waals surface area (Å²) in [6.45, 7) is 25.9. The van der Waals surface area contributed by atoms with Gasteiger partial charge in [0.1, 0.15) is 0 Å². The van der Waals surface area contributed by atoms with Gasteiger partial charge in [0.25, 0.3) is 0 Å². The van der Waals surface area contributed by atoms with Crippen LogP contribution in [0.3, 0.4) is 0 Å². The summed E-state index contributed by atoms with van der Waals surface area (Å²) >= 11 is 0. The minimum Gasteiger partial charge on any atom is -0.166 e. The molecule has 0 spiro atoms. The van der Waals surface area contributed by atoms with Gasteiger partial charge in [-0.2, -0.15) is 26.3 Å². The standard InChI is InChI=1S/C50H57F6P/c1-28(2)34-21-42(30(5)6)46(43(22-34)31(7)8)40-19-16-20-41(47-44(32(9)10)23-35(29(3)4)24-45(47)33(11)12)48(40)57(38-17-14-13-15-18-38)39-26-36(49(51,52)53)25-37(27-39)50(54,55)56/h13-33H,1-12H3. The third-order valence-corrected chi connectivity index (χ3v) is 13.4. The van der Waals surface area contributed by atoms with E-state index < -0.39 is 31.4 Å². The topological polar surface area (TPSA) is 0 Å². The summed E-state index contributed by atoms with van der Waals surface area (Å²) in [4.78, 5) is 0. The van der Waals surface area contributed by atoms with Gasteiger partial charge >= 0.3 is 12.4 Å². The van der Waals surface area contributed by atoms with E-state index in [1.54, 1.807) is 0 Å². The van der Waals surface area contributed by atoms with Gasteiger partial charge in [0.05, 0.1) is 11.1 Å². The molecular weight excluding hydrogens is 746 g/mol. The molecule has 0 bridgehead atoms. The van der Waals surface area contributed by atoms with Crippen molar-refractivity contribution in [3.63, 3.8) is 0 Å². The van der Waals surface area contributed by atoms with Crippen molar-refractivity contribution in [1.82, 2.24) is 0 Å². The maximum absolute atomic E-state index is 14.7. The average Bonchev–Trinajstić information content (AvgIpc) is 3.13. The Morgan fingerprint density at radius 1 is 0.386 bits per heavy atom. The van der Waals surface area contributed by atoms with Gasteiger partial charge in [-0.05, 0) is 128 Å². The van der Waals surface area contributed by atoms with Crippen LogP contribution < -0.4 is 15.9 Å². The Morgan fingerprint density at radius 2 is 0.737 bits per heavy atom. The summed E-state index contributed by atoms with van der Waals surface area (Å²) in [5, 5.41) is 1.42. The van der Waals surface area contributed by atoms with Gasteiger partial charge in [-0.3, -0.25) is 0 Å². The Hall–Kier alpha value is -3.89. The van der Waals surface area contributed by atoms with Crippen LogP contribution in [0.1, 0.15) is 163 Å². The van der Waals surface area contributed by atoms with Crippen LogP contribution in [0.5, 0.6) is 0 Å². The van der Waals surface area contributed by atoms with Crippen molar-refractivity contribution >= 4 is 23.8 Å². The molecule has 0 aliphatic heterocycles. The van der Waals surface area contributed by atoms with Crippen molar-refractivity contribution in [3.05, 3.63) is 136 Å². The summed E-state index contributed by atoms with van der Waals surface area (Å²) < 4.78 is 88.2. The number of hydrogen-bond donors (Lipinski definition) is 0. The minimum atomic E-state index is -5.00. The fourth-order valence-corrected chi connectivity index (χ4v) is 10.4. The van der Waals surface area contributed by atoms with E-state index in [9.17, 15) is 26.3 Å². The van der Waals surface area contributed by atoms with E-state index in [1.165, 1.54) is 11.1 Å². The van der Waals surface area contributed by atoms with Crippen molar-refractivity contribution in [2.45, 2.75) is 131 Å². The first-order chi connectivity index (χ1) is 26.5. The molecule has 5 aromatic carbocycles.